The molecular weight excluding hydrogens is 280 g/mol. The van der Waals surface area contributed by atoms with E-state index in [-0.39, 0.29) is 11.9 Å². The highest BCUT2D eigenvalue weighted by Crippen LogP contribution is 2.25. The number of hydrogen-bond acceptors (Lipinski definition) is 4. The summed E-state index contributed by atoms with van der Waals surface area (Å²) >= 11 is 0. The Morgan fingerprint density at radius 2 is 2.00 bits per heavy atom. The summed E-state index contributed by atoms with van der Waals surface area (Å²) in [5, 5.41) is 21.7. The number of aliphatic hydroxyl groups excluding tert-OH is 2. The first-order valence-electron chi connectivity index (χ1n) is 7.56. The van der Waals surface area contributed by atoms with Crippen LogP contribution in [0.15, 0.2) is 36.5 Å². The second kappa shape index (κ2) is 6.02. The van der Waals surface area contributed by atoms with Crippen molar-refractivity contribution in [2.24, 2.45) is 0 Å². The Morgan fingerprint density at radius 3 is 2.82 bits per heavy atom. The Hall–Kier alpha value is -1.98. The molecule has 0 aliphatic heterocycles. The van der Waals surface area contributed by atoms with Gasteiger partial charge in [0.05, 0.1) is 12.1 Å². The predicted molar refractivity (Wildman–Crippen MR) is 83.5 cm³/mol. The number of aromatic nitrogens is 1. The van der Waals surface area contributed by atoms with Crippen LogP contribution in [0.5, 0.6) is 0 Å². The Kier molecular flexibility index (Phi) is 4.09. The summed E-state index contributed by atoms with van der Waals surface area (Å²) < 4.78 is 0. The van der Waals surface area contributed by atoms with Gasteiger partial charge in [-0.2, -0.15) is 0 Å². The van der Waals surface area contributed by atoms with Crippen molar-refractivity contribution in [2.45, 2.75) is 37.5 Å². The molecule has 5 heteroatoms. The molecule has 1 amide bonds. The summed E-state index contributed by atoms with van der Waals surface area (Å²) in [7, 11) is 1.66. The first-order chi connectivity index (χ1) is 10.6. The number of hydrogen-bond donors (Lipinski definition) is 2. The molecule has 1 aliphatic rings. The van der Waals surface area contributed by atoms with Gasteiger partial charge in [-0.05, 0) is 30.7 Å². The lowest BCUT2D eigenvalue weighted by atomic mass is 9.89. The topological polar surface area (TPSA) is 73.7 Å². The molecule has 1 heterocycles. The van der Waals surface area contributed by atoms with Gasteiger partial charge in [-0.25, -0.2) is 0 Å². The molecule has 1 aromatic carbocycles. The SMILES string of the molecule is CN(C(=O)c1nccc2ccccc12)[C@@H]1CCC[C@@H](O)[C@@H]1O. The maximum atomic E-state index is 12.8. The third-order valence-corrected chi connectivity index (χ3v) is 4.48. The summed E-state index contributed by atoms with van der Waals surface area (Å²) in [5.74, 6) is -0.227. The molecule has 22 heavy (non-hydrogen) atoms. The highest BCUT2D eigenvalue weighted by molar-refractivity contribution is 6.05. The van der Waals surface area contributed by atoms with Crippen LogP contribution in [0.3, 0.4) is 0 Å². The molecule has 2 N–H and O–H groups in total. The Bertz CT molecular complexity index is 683. The van der Waals surface area contributed by atoms with E-state index in [0.29, 0.717) is 18.5 Å². The van der Waals surface area contributed by atoms with E-state index in [1.54, 1.807) is 13.2 Å². The number of amides is 1. The molecule has 3 atom stereocenters. The first-order valence-corrected chi connectivity index (χ1v) is 7.56. The summed E-state index contributed by atoms with van der Waals surface area (Å²) in [6.07, 6.45) is 2.00. The van der Waals surface area contributed by atoms with E-state index >= 15 is 0 Å². The van der Waals surface area contributed by atoms with Gasteiger partial charge in [0.2, 0.25) is 0 Å². The quantitative estimate of drug-likeness (QED) is 0.883. The first kappa shape index (κ1) is 14.9. The molecule has 0 unspecified atom stereocenters. The summed E-state index contributed by atoms with van der Waals surface area (Å²) in [6.45, 7) is 0. The Balaban J connectivity index is 1.92. The van der Waals surface area contributed by atoms with Crippen molar-refractivity contribution in [1.82, 2.24) is 9.88 Å². The van der Waals surface area contributed by atoms with Crippen molar-refractivity contribution in [2.75, 3.05) is 7.05 Å². The van der Waals surface area contributed by atoms with Gasteiger partial charge >= 0.3 is 0 Å². The van der Waals surface area contributed by atoms with E-state index in [0.717, 1.165) is 17.2 Å². The molecular formula is C17H20N2O3. The third-order valence-electron chi connectivity index (χ3n) is 4.48. The van der Waals surface area contributed by atoms with E-state index in [1.165, 1.54) is 4.90 Å². The molecule has 0 spiro atoms. The molecule has 1 aliphatic carbocycles. The van der Waals surface area contributed by atoms with Crippen molar-refractivity contribution >= 4 is 16.7 Å². The minimum Gasteiger partial charge on any atom is -0.390 e. The van der Waals surface area contributed by atoms with Crippen molar-refractivity contribution < 1.29 is 15.0 Å². The highest BCUT2D eigenvalue weighted by Gasteiger charge is 2.35. The van der Waals surface area contributed by atoms with E-state index < -0.39 is 12.2 Å². The number of fused-ring (bicyclic) bond motifs is 1. The maximum Gasteiger partial charge on any atom is 0.273 e. The van der Waals surface area contributed by atoms with Gasteiger partial charge in [0.1, 0.15) is 11.8 Å². The zero-order valence-electron chi connectivity index (χ0n) is 12.5. The van der Waals surface area contributed by atoms with Gasteiger partial charge in [-0.3, -0.25) is 9.78 Å². The van der Waals surface area contributed by atoms with Crippen LogP contribution in [0.4, 0.5) is 0 Å². The summed E-state index contributed by atoms with van der Waals surface area (Å²) in [6, 6.07) is 9.09. The van der Waals surface area contributed by atoms with Gasteiger partial charge in [0, 0.05) is 18.6 Å². The molecule has 116 valence electrons. The lowest BCUT2D eigenvalue weighted by Crippen LogP contribution is -2.51. The lowest BCUT2D eigenvalue weighted by molar-refractivity contribution is -0.0527. The predicted octanol–water partition coefficient (Wildman–Crippen LogP) is 1.58. The number of rotatable bonds is 2. The minimum absolute atomic E-state index is 0.227. The Morgan fingerprint density at radius 1 is 1.23 bits per heavy atom. The third kappa shape index (κ3) is 2.58. The van der Waals surface area contributed by atoms with Crippen LogP contribution < -0.4 is 0 Å². The molecule has 0 bridgehead atoms. The van der Waals surface area contributed by atoms with Crippen LogP contribution in [0.2, 0.25) is 0 Å². The fourth-order valence-corrected chi connectivity index (χ4v) is 3.16. The monoisotopic (exact) mass is 300 g/mol. The molecule has 5 nitrogen and oxygen atoms in total. The highest BCUT2D eigenvalue weighted by atomic mass is 16.3. The van der Waals surface area contributed by atoms with Crippen LogP contribution in [0.25, 0.3) is 10.8 Å². The molecule has 0 radical (unpaired) electrons. The largest absolute Gasteiger partial charge is 0.390 e. The summed E-state index contributed by atoms with van der Waals surface area (Å²) in [5.41, 5.74) is 0.382. The number of carbonyl (C=O) groups is 1. The van der Waals surface area contributed by atoms with Crippen molar-refractivity contribution in [1.29, 1.82) is 0 Å². The van der Waals surface area contributed by atoms with E-state index in [1.807, 2.05) is 30.3 Å². The van der Waals surface area contributed by atoms with E-state index in [4.69, 9.17) is 0 Å². The van der Waals surface area contributed by atoms with Gasteiger partial charge in [-0.1, -0.05) is 24.3 Å². The van der Waals surface area contributed by atoms with Gasteiger partial charge < -0.3 is 15.1 Å². The Labute approximate surface area is 129 Å². The number of likely N-dealkylation sites (N-methyl/N-ethyl adjacent to an activating group) is 1. The lowest BCUT2D eigenvalue weighted by Gasteiger charge is -2.37. The van der Waals surface area contributed by atoms with Crippen LogP contribution in [-0.4, -0.2) is 51.3 Å². The molecule has 1 aromatic heterocycles. The number of carbonyl (C=O) groups excluding carboxylic acids is 1. The van der Waals surface area contributed by atoms with Crippen molar-refractivity contribution in [3.8, 4) is 0 Å². The van der Waals surface area contributed by atoms with Crippen LogP contribution in [0, 0.1) is 0 Å². The summed E-state index contributed by atoms with van der Waals surface area (Å²) in [4.78, 5) is 18.5. The smallest absolute Gasteiger partial charge is 0.273 e. The maximum absolute atomic E-state index is 12.8. The van der Waals surface area contributed by atoms with Gasteiger partial charge in [0.25, 0.3) is 5.91 Å². The van der Waals surface area contributed by atoms with Gasteiger partial charge in [-0.15, -0.1) is 0 Å². The fraction of sp³-hybridized carbons (Fsp3) is 0.412. The second-order valence-corrected chi connectivity index (χ2v) is 5.85. The van der Waals surface area contributed by atoms with Crippen molar-refractivity contribution in [3.05, 3.63) is 42.2 Å². The average Bonchev–Trinajstić information content (AvgIpc) is 2.55. The van der Waals surface area contributed by atoms with Crippen LogP contribution in [0.1, 0.15) is 29.8 Å². The zero-order chi connectivity index (χ0) is 15.7. The zero-order valence-corrected chi connectivity index (χ0v) is 12.5. The van der Waals surface area contributed by atoms with E-state index in [9.17, 15) is 15.0 Å². The molecule has 1 fully saturated rings. The number of benzene rings is 1. The molecule has 3 rings (SSSR count). The molecule has 2 aromatic rings. The van der Waals surface area contributed by atoms with Crippen LogP contribution in [-0.2, 0) is 0 Å². The number of nitrogens with zero attached hydrogens (tertiary/aromatic N) is 2. The normalized spacial score (nSPS) is 25.1. The minimum atomic E-state index is -0.905. The van der Waals surface area contributed by atoms with Crippen molar-refractivity contribution in [3.63, 3.8) is 0 Å². The standard InChI is InChI=1S/C17H20N2O3/c1-19(13-7-4-8-14(20)16(13)21)17(22)15-12-6-3-2-5-11(12)9-10-18-15/h2-3,5-6,9-10,13-14,16,20-21H,4,7-8H2,1H3/t13-,14-,16-/m1/s1. The van der Waals surface area contributed by atoms with E-state index in [2.05, 4.69) is 4.98 Å². The number of aliphatic hydroxyl groups is 2. The molecule has 1 saturated carbocycles. The van der Waals surface area contributed by atoms with Gasteiger partial charge in [0.15, 0.2) is 0 Å². The fourth-order valence-electron chi connectivity index (χ4n) is 3.16. The molecule has 0 saturated heterocycles. The second-order valence-electron chi connectivity index (χ2n) is 5.85. The number of pyridine rings is 1. The van der Waals surface area contributed by atoms with Crippen LogP contribution >= 0.6 is 0 Å². The average molecular weight is 300 g/mol.